The largest absolute Gasteiger partial charge is 0.268 e. The average molecular weight is 124 g/mol. The van der Waals surface area contributed by atoms with Crippen molar-refractivity contribution in [1.29, 1.82) is 0 Å². The number of nitrogens with zero attached hydrogens (tertiary/aromatic N) is 2. The topological polar surface area (TPSA) is 24.7 Å². The van der Waals surface area contributed by atoms with E-state index in [2.05, 4.69) is 16.9 Å². The van der Waals surface area contributed by atoms with Crippen LogP contribution in [0.15, 0.2) is 9.98 Å². The summed E-state index contributed by atoms with van der Waals surface area (Å²) >= 11 is 0. The van der Waals surface area contributed by atoms with Crippen molar-refractivity contribution in [1.82, 2.24) is 0 Å². The smallest absolute Gasteiger partial charge is 0.129 e. The van der Waals surface area contributed by atoms with Gasteiger partial charge in [0.25, 0.3) is 0 Å². The first-order valence-electron chi connectivity index (χ1n) is 3.46. The van der Waals surface area contributed by atoms with E-state index in [1.165, 1.54) is 18.6 Å². The van der Waals surface area contributed by atoms with Gasteiger partial charge in [0.2, 0.25) is 0 Å². The van der Waals surface area contributed by atoms with Crippen LogP contribution in [0.25, 0.3) is 0 Å². The van der Waals surface area contributed by atoms with Gasteiger partial charge in [-0.15, -0.1) is 0 Å². The normalized spacial score (nSPS) is 16.3. The fourth-order valence-corrected chi connectivity index (χ4v) is 0.820. The summed E-state index contributed by atoms with van der Waals surface area (Å²) in [6.07, 6.45) is 5.48. The lowest BCUT2D eigenvalue weighted by Gasteiger charge is -1.91. The quantitative estimate of drug-likeness (QED) is 0.546. The standard InChI is InChI=1S/C7H12N2/c1-2-3-4-7-5-8-6-9-7/h5H,2-4,6H2,1H3. The first kappa shape index (κ1) is 6.46. The molecule has 0 aromatic carbocycles. The lowest BCUT2D eigenvalue weighted by Crippen LogP contribution is -1.94. The summed E-state index contributed by atoms with van der Waals surface area (Å²) in [6, 6.07) is 0. The summed E-state index contributed by atoms with van der Waals surface area (Å²) in [6.45, 7) is 2.85. The molecule has 1 aliphatic rings. The number of unbranched alkanes of at least 4 members (excludes halogenated alkanes) is 1. The maximum atomic E-state index is 4.17. The zero-order chi connectivity index (χ0) is 6.53. The monoisotopic (exact) mass is 124 g/mol. The summed E-state index contributed by atoms with van der Waals surface area (Å²) in [5.41, 5.74) is 1.18. The van der Waals surface area contributed by atoms with E-state index < -0.39 is 0 Å². The van der Waals surface area contributed by atoms with Crippen molar-refractivity contribution < 1.29 is 0 Å². The molecule has 1 aliphatic heterocycles. The Kier molecular flexibility index (Phi) is 2.43. The third kappa shape index (κ3) is 1.96. The number of hydrogen-bond acceptors (Lipinski definition) is 2. The lowest BCUT2D eigenvalue weighted by atomic mass is 10.2. The van der Waals surface area contributed by atoms with E-state index in [1.54, 1.807) is 0 Å². The molecule has 0 aromatic rings. The Labute approximate surface area is 55.7 Å². The molecule has 0 saturated heterocycles. The Balaban J connectivity index is 2.19. The fourth-order valence-electron chi connectivity index (χ4n) is 0.820. The van der Waals surface area contributed by atoms with Gasteiger partial charge >= 0.3 is 0 Å². The first-order valence-corrected chi connectivity index (χ1v) is 3.46. The van der Waals surface area contributed by atoms with Crippen LogP contribution in [0.4, 0.5) is 0 Å². The minimum absolute atomic E-state index is 0.666. The van der Waals surface area contributed by atoms with E-state index in [0.717, 1.165) is 6.42 Å². The second-order valence-corrected chi connectivity index (χ2v) is 2.21. The SMILES string of the molecule is CCCCC1=NCN=C1. The Morgan fingerprint density at radius 3 is 3.11 bits per heavy atom. The fraction of sp³-hybridized carbons (Fsp3) is 0.714. The van der Waals surface area contributed by atoms with Crippen LogP contribution >= 0.6 is 0 Å². The number of rotatable bonds is 3. The molecular weight excluding hydrogens is 112 g/mol. The Hall–Kier alpha value is -0.660. The maximum Gasteiger partial charge on any atom is 0.129 e. The van der Waals surface area contributed by atoms with Crippen LogP contribution in [0, 0.1) is 0 Å². The highest BCUT2D eigenvalue weighted by Crippen LogP contribution is 1.98. The highest BCUT2D eigenvalue weighted by atomic mass is 15.0. The van der Waals surface area contributed by atoms with E-state index >= 15 is 0 Å². The van der Waals surface area contributed by atoms with E-state index in [0.29, 0.717) is 6.67 Å². The molecule has 2 heteroatoms. The Bertz CT molecular complexity index is 136. The van der Waals surface area contributed by atoms with Gasteiger partial charge in [0, 0.05) is 6.21 Å². The van der Waals surface area contributed by atoms with Crippen molar-refractivity contribution in [3.05, 3.63) is 0 Å². The van der Waals surface area contributed by atoms with Crippen LogP contribution in [0.3, 0.4) is 0 Å². The second kappa shape index (κ2) is 3.38. The van der Waals surface area contributed by atoms with Crippen molar-refractivity contribution in [2.75, 3.05) is 6.67 Å². The van der Waals surface area contributed by atoms with Gasteiger partial charge in [-0.3, -0.25) is 9.98 Å². The third-order valence-electron chi connectivity index (χ3n) is 1.38. The van der Waals surface area contributed by atoms with Crippen LogP contribution in [0.1, 0.15) is 26.2 Å². The molecule has 0 aliphatic carbocycles. The van der Waals surface area contributed by atoms with E-state index in [9.17, 15) is 0 Å². The molecule has 1 rings (SSSR count). The molecule has 1 heterocycles. The van der Waals surface area contributed by atoms with E-state index in [1.807, 2.05) is 6.21 Å². The van der Waals surface area contributed by atoms with Gasteiger partial charge in [-0.2, -0.15) is 0 Å². The zero-order valence-corrected chi connectivity index (χ0v) is 5.80. The molecule has 0 unspecified atom stereocenters. The average Bonchev–Trinajstić information content (AvgIpc) is 2.34. The summed E-state index contributed by atoms with van der Waals surface area (Å²) in [5, 5.41) is 0. The van der Waals surface area contributed by atoms with Crippen LogP contribution in [0.2, 0.25) is 0 Å². The Morgan fingerprint density at radius 2 is 2.56 bits per heavy atom. The van der Waals surface area contributed by atoms with Gasteiger partial charge in [0.15, 0.2) is 0 Å². The molecule has 50 valence electrons. The van der Waals surface area contributed by atoms with Gasteiger partial charge < -0.3 is 0 Å². The summed E-state index contributed by atoms with van der Waals surface area (Å²) in [4.78, 5) is 8.16. The van der Waals surface area contributed by atoms with Crippen molar-refractivity contribution in [2.24, 2.45) is 9.98 Å². The number of hydrogen-bond donors (Lipinski definition) is 0. The van der Waals surface area contributed by atoms with E-state index in [4.69, 9.17) is 0 Å². The van der Waals surface area contributed by atoms with Crippen LogP contribution in [-0.2, 0) is 0 Å². The summed E-state index contributed by atoms with van der Waals surface area (Å²) in [7, 11) is 0. The van der Waals surface area contributed by atoms with Gasteiger partial charge in [-0.05, 0) is 12.8 Å². The third-order valence-corrected chi connectivity index (χ3v) is 1.38. The van der Waals surface area contributed by atoms with Crippen LogP contribution in [-0.4, -0.2) is 18.6 Å². The van der Waals surface area contributed by atoms with Gasteiger partial charge in [0.05, 0.1) is 5.71 Å². The molecular formula is C7H12N2. The van der Waals surface area contributed by atoms with Gasteiger partial charge in [-0.1, -0.05) is 13.3 Å². The van der Waals surface area contributed by atoms with Crippen molar-refractivity contribution >= 4 is 11.9 Å². The molecule has 0 amide bonds. The van der Waals surface area contributed by atoms with E-state index in [-0.39, 0.29) is 0 Å². The molecule has 2 nitrogen and oxygen atoms in total. The minimum atomic E-state index is 0.666. The lowest BCUT2D eigenvalue weighted by molar-refractivity contribution is 0.838. The highest BCUT2D eigenvalue weighted by Gasteiger charge is 1.97. The number of aliphatic imine (C=N–C) groups is 2. The molecule has 0 fully saturated rings. The summed E-state index contributed by atoms with van der Waals surface area (Å²) < 4.78 is 0. The Morgan fingerprint density at radius 1 is 1.67 bits per heavy atom. The minimum Gasteiger partial charge on any atom is -0.268 e. The first-order chi connectivity index (χ1) is 4.43. The van der Waals surface area contributed by atoms with Crippen molar-refractivity contribution in [3.8, 4) is 0 Å². The van der Waals surface area contributed by atoms with Crippen LogP contribution < -0.4 is 0 Å². The molecule has 0 atom stereocenters. The molecule has 0 N–H and O–H groups in total. The van der Waals surface area contributed by atoms with Crippen molar-refractivity contribution in [2.45, 2.75) is 26.2 Å². The maximum absolute atomic E-state index is 4.17. The summed E-state index contributed by atoms with van der Waals surface area (Å²) in [5.74, 6) is 0. The zero-order valence-electron chi connectivity index (χ0n) is 5.80. The molecule has 0 radical (unpaired) electrons. The predicted octanol–water partition coefficient (Wildman–Crippen LogP) is 1.66. The second-order valence-electron chi connectivity index (χ2n) is 2.21. The van der Waals surface area contributed by atoms with Gasteiger partial charge in [-0.25, -0.2) is 0 Å². The highest BCUT2D eigenvalue weighted by molar-refractivity contribution is 6.31. The van der Waals surface area contributed by atoms with Crippen molar-refractivity contribution in [3.63, 3.8) is 0 Å². The molecule has 0 spiro atoms. The molecule has 0 bridgehead atoms. The molecule has 0 aromatic heterocycles. The predicted molar refractivity (Wildman–Crippen MR) is 40.3 cm³/mol. The molecule has 9 heavy (non-hydrogen) atoms. The van der Waals surface area contributed by atoms with Crippen LogP contribution in [0.5, 0.6) is 0 Å². The molecule has 0 saturated carbocycles. The van der Waals surface area contributed by atoms with Gasteiger partial charge in [0.1, 0.15) is 6.67 Å².